The molecule has 1 N–H and O–H groups in total. The van der Waals surface area contributed by atoms with Gasteiger partial charge in [0.1, 0.15) is 6.33 Å². The largest absolute Gasteiger partial charge is 0.313 e. The summed E-state index contributed by atoms with van der Waals surface area (Å²) >= 11 is 0. The SMILES string of the molecule is CCC(NC)c1ccc(-c2cncnc2)cc1. The Morgan fingerprint density at radius 3 is 2.24 bits per heavy atom. The zero-order valence-electron chi connectivity index (χ0n) is 10.2. The highest BCUT2D eigenvalue weighted by Crippen LogP contribution is 2.21. The fourth-order valence-corrected chi connectivity index (χ4v) is 1.96. The third-order valence-corrected chi connectivity index (χ3v) is 2.96. The average molecular weight is 227 g/mol. The van der Waals surface area contributed by atoms with Crippen LogP contribution < -0.4 is 5.32 Å². The first kappa shape index (κ1) is 11.7. The van der Waals surface area contributed by atoms with E-state index < -0.39 is 0 Å². The second-order valence-electron chi connectivity index (χ2n) is 4.00. The summed E-state index contributed by atoms with van der Waals surface area (Å²) in [6.07, 6.45) is 6.30. The minimum atomic E-state index is 0.427. The molecule has 1 atom stereocenters. The molecular formula is C14H17N3. The summed E-state index contributed by atoms with van der Waals surface area (Å²) in [4.78, 5) is 8.05. The van der Waals surface area contributed by atoms with Gasteiger partial charge >= 0.3 is 0 Å². The molecule has 1 heterocycles. The molecule has 88 valence electrons. The van der Waals surface area contributed by atoms with Crippen molar-refractivity contribution in [1.29, 1.82) is 0 Å². The third-order valence-electron chi connectivity index (χ3n) is 2.96. The molecule has 17 heavy (non-hydrogen) atoms. The lowest BCUT2D eigenvalue weighted by Gasteiger charge is -2.14. The first-order chi connectivity index (χ1) is 8.35. The summed E-state index contributed by atoms with van der Waals surface area (Å²) in [6.45, 7) is 2.18. The molecule has 0 fully saturated rings. The Morgan fingerprint density at radius 1 is 1.06 bits per heavy atom. The van der Waals surface area contributed by atoms with Gasteiger partial charge in [-0.05, 0) is 24.6 Å². The molecule has 2 aromatic rings. The molecule has 0 spiro atoms. The van der Waals surface area contributed by atoms with Crippen LogP contribution in [0.2, 0.25) is 0 Å². The van der Waals surface area contributed by atoms with E-state index in [0.717, 1.165) is 17.5 Å². The molecule has 0 bridgehead atoms. The molecular weight excluding hydrogens is 210 g/mol. The lowest BCUT2D eigenvalue weighted by molar-refractivity contribution is 0.577. The highest BCUT2D eigenvalue weighted by molar-refractivity contribution is 5.61. The molecule has 2 rings (SSSR count). The van der Waals surface area contributed by atoms with Gasteiger partial charge in [0.05, 0.1) is 0 Å². The Hall–Kier alpha value is -1.74. The summed E-state index contributed by atoms with van der Waals surface area (Å²) in [5, 5.41) is 3.30. The van der Waals surface area contributed by atoms with Crippen LogP contribution in [0.3, 0.4) is 0 Å². The van der Waals surface area contributed by atoms with Gasteiger partial charge < -0.3 is 5.32 Å². The van der Waals surface area contributed by atoms with Gasteiger partial charge in [-0.2, -0.15) is 0 Å². The fourth-order valence-electron chi connectivity index (χ4n) is 1.96. The maximum absolute atomic E-state index is 4.03. The Labute approximate surface area is 102 Å². The highest BCUT2D eigenvalue weighted by atomic mass is 14.9. The predicted octanol–water partition coefficient (Wildman–Crippen LogP) is 2.81. The van der Waals surface area contributed by atoms with Crippen LogP contribution in [0.15, 0.2) is 43.0 Å². The van der Waals surface area contributed by atoms with Gasteiger partial charge in [-0.15, -0.1) is 0 Å². The average Bonchev–Trinajstić information content (AvgIpc) is 2.42. The van der Waals surface area contributed by atoms with Gasteiger partial charge in [-0.1, -0.05) is 31.2 Å². The first-order valence-corrected chi connectivity index (χ1v) is 5.87. The molecule has 1 aromatic heterocycles. The van der Waals surface area contributed by atoms with Gasteiger partial charge in [-0.3, -0.25) is 0 Å². The van der Waals surface area contributed by atoms with Crippen LogP contribution in [0.25, 0.3) is 11.1 Å². The predicted molar refractivity (Wildman–Crippen MR) is 69.6 cm³/mol. The number of rotatable bonds is 4. The normalized spacial score (nSPS) is 12.4. The quantitative estimate of drug-likeness (QED) is 0.872. The van der Waals surface area contributed by atoms with Gasteiger partial charge in [0, 0.05) is 24.0 Å². The maximum atomic E-state index is 4.03. The van der Waals surface area contributed by atoms with E-state index in [0.29, 0.717) is 6.04 Å². The van der Waals surface area contributed by atoms with E-state index >= 15 is 0 Å². The van der Waals surface area contributed by atoms with Crippen LogP contribution in [-0.2, 0) is 0 Å². The Bertz CT molecular complexity index is 447. The van der Waals surface area contributed by atoms with Crippen molar-refractivity contribution in [2.75, 3.05) is 7.05 Å². The molecule has 1 aromatic carbocycles. The summed E-state index contributed by atoms with van der Waals surface area (Å²) in [6, 6.07) is 8.98. The number of aromatic nitrogens is 2. The molecule has 0 amide bonds. The van der Waals surface area contributed by atoms with Crippen molar-refractivity contribution in [2.45, 2.75) is 19.4 Å². The number of benzene rings is 1. The highest BCUT2D eigenvalue weighted by Gasteiger charge is 2.06. The van der Waals surface area contributed by atoms with E-state index in [1.807, 2.05) is 19.4 Å². The minimum Gasteiger partial charge on any atom is -0.313 e. The molecule has 0 aliphatic carbocycles. The van der Waals surface area contributed by atoms with E-state index in [2.05, 4.69) is 46.5 Å². The van der Waals surface area contributed by atoms with Crippen molar-refractivity contribution in [3.05, 3.63) is 48.5 Å². The summed E-state index contributed by atoms with van der Waals surface area (Å²) in [7, 11) is 1.99. The van der Waals surface area contributed by atoms with Crippen LogP contribution in [0.4, 0.5) is 0 Å². The summed E-state index contributed by atoms with van der Waals surface area (Å²) in [5.74, 6) is 0. The number of nitrogens with one attached hydrogen (secondary N) is 1. The van der Waals surface area contributed by atoms with Gasteiger partial charge in [-0.25, -0.2) is 9.97 Å². The van der Waals surface area contributed by atoms with E-state index in [4.69, 9.17) is 0 Å². The van der Waals surface area contributed by atoms with Gasteiger partial charge in [0.25, 0.3) is 0 Å². The Morgan fingerprint density at radius 2 is 1.71 bits per heavy atom. The Balaban J connectivity index is 2.24. The molecule has 0 saturated carbocycles. The molecule has 1 unspecified atom stereocenters. The van der Waals surface area contributed by atoms with Gasteiger partial charge in [0.2, 0.25) is 0 Å². The molecule has 0 saturated heterocycles. The second kappa shape index (κ2) is 5.55. The van der Waals surface area contributed by atoms with Crippen LogP contribution in [0.1, 0.15) is 24.9 Å². The lowest BCUT2D eigenvalue weighted by atomic mass is 10.0. The molecule has 0 aliphatic heterocycles. The van der Waals surface area contributed by atoms with E-state index in [1.165, 1.54) is 5.56 Å². The van der Waals surface area contributed by atoms with E-state index in [-0.39, 0.29) is 0 Å². The smallest absolute Gasteiger partial charge is 0.115 e. The third kappa shape index (κ3) is 2.68. The zero-order valence-corrected chi connectivity index (χ0v) is 10.2. The number of hydrogen-bond donors (Lipinski definition) is 1. The van der Waals surface area contributed by atoms with E-state index in [9.17, 15) is 0 Å². The van der Waals surface area contributed by atoms with Crippen LogP contribution in [-0.4, -0.2) is 17.0 Å². The van der Waals surface area contributed by atoms with Crippen molar-refractivity contribution >= 4 is 0 Å². The van der Waals surface area contributed by atoms with Crippen molar-refractivity contribution in [2.24, 2.45) is 0 Å². The number of nitrogens with zero attached hydrogens (tertiary/aromatic N) is 2. The lowest BCUT2D eigenvalue weighted by Crippen LogP contribution is -2.14. The first-order valence-electron chi connectivity index (χ1n) is 5.87. The van der Waals surface area contributed by atoms with Gasteiger partial charge in [0.15, 0.2) is 0 Å². The molecule has 3 nitrogen and oxygen atoms in total. The standard InChI is InChI=1S/C14H17N3/c1-3-14(15-2)12-6-4-11(5-7-12)13-8-16-10-17-9-13/h4-10,14-15H,3H2,1-2H3. The Kier molecular flexibility index (Phi) is 3.83. The second-order valence-corrected chi connectivity index (χ2v) is 4.00. The number of hydrogen-bond acceptors (Lipinski definition) is 3. The monoisotopic (exact) mass is 227 g/mol. The fraction of sp³-hybridized carbons (Fsp3) is 0.286. The van der Waals surface area contributed by atoms with Crippen molar-refractivity contribution in [3.8, 4) is 11.1 Å². The summed E-state index contributed by atoms with van der Waals surface area (Å²) in [5.41, 5.74) is 3.52. The minimum absolute atomic E-state index is 0.427. The summed E-state index contributed by atoms with van der Waals surface area (Å²) < 4.78 is 0. The van der Waals surface area contributed by atoms with Crippen LogP contribution in [0.5, 0.6) is 0 Å². The van der Waals surface area contributed by atoms with Crippen LogP contribution >= 0.6 is 0 Å². The van der Waals surface area contributed by atoms with Crippen molar-refractivity contribution < 1.29 is 0 Å². The molecule has 0 radical (unpaired) electrons. The van der Waals surface area contributed by atoms with Crippen molar-refractivity contribution in [3.63, 3.8) is 0 Å². The topological polar surface area (TPSA) is 37.8 Å². The zero-order chi connectivity index (χ0) is 12.1. The van der Waals surface area contributed by atoms with Crippen LogP contribution in [0, 0.1) is 0 Å². The molecule has 0 aliphatic rings. The maximum Gasteiger partial charge on any atom is 0.115 e. The van der Waals surface area contributed by atoms with Crippen molar-refractivity contribution in [1.82, 2.24) is 15.3 Å². The van der Waals surface area contributed by atoms with E-state index in [1.54, 1.807) is 6.33 Å². The molecule has 3 heteroatoms.